The first-order chi connectivity index (χ1) is 12.9. The van der Waals surface area contributed by atoms with Crippen LogP contribution >= 0.6 is 0 Å². The number of fused-ring (bicyclic) bond motifs is 2. The fraction of sp³-hybridized carbons (Fsp3) is 0.650. The molecule has 2 aliphatic carbocycles. The number of amides is 1. The molecule has 0 unspecified atom stereocenters. The van der Waals surface area contributed by atoms with Gasteiger partial charge in [0, 0.05) is 31.9 Å². The highest BCUT2D eigenvalue weighted by Gasteiger charge is 2.42. The number of carbonyl (C=O) groups excluding carboxylic acids is 1. The van der Waals surface area contributed by atoms with Crippen molar-refractivity contribution < 1.29 is 17.9 Å². The molecule has 0 heterocycles. The Balaban J connectivity index is 1.56. The topological polar surface area (TPSA) is 84.5 Å². The third-order valence-corrected chi connectivity index (χ3v) is 7.55. The lowest BCUT2D eigenvalue weighted by Gasteiger charge is -2.28. The first-order valence-corrected chi connectivity index (χ1v) is 11.3. The highest BCUT2D eigenvalue weighted by atomic mass is 32.2. The molecule has 0 saturated heterocycles. The van der Waals surface area contributed by atoms with Crippen molar-refractivity contribution in [1.82, 2.24) is 4.72 Å². The number of methoxy groups -OCH3 is 1. The van der Waals surface area contributed by atoms with Crippen molar-refractivity contribution in [1.29, 1.82) is 0 Å². The first kappa shape index (κ1) is 20.3. The molecular formula is C20H30N2O4S. The molecule has 2 saturated carbocycles. The minimum Gasteiger partial charge on any atom is -0.385 e. The smallest absolute Gasteiger partial charge is 0.240 e. The Labute approximate surface area is 162 Å². The molecule has 1 aromatic rings. The van der Waals surface area contributed by atoms with E-state index in [1.54, 1.807) is 31.4 Å². The van der Waals surface area contributed by atoms with E-state index in [-0.39, 0.29) is 16.8 Å². The summed E-state index contributed by atoms with van der Waals surface area (Å²) in [6.45, 7) is 2.52. The van der Waals surface area contributed by atoms with Gasteiger partial charge in [0.2, 0.25) is 15.9 Å². The molecule has 3 rings (SSSR count). The van der Waals surface area contributed by atoms with Crippen LogP contribution in [0.25, 0.3) is 0 Å². The van der Waals surface area contributed by atoms with Gasteiger partial charge in [0.25, 0.3) is 0 Å². The Morgan fingerprint density at radius 1 is 1.22 bits per heavy atom. The van der Waals surface area contributed by atoms with Crippen molar-refractivity contribution in [2.24, 2.45) is 17.8 Å². The van der Waals surface area contributed by atoms with Crippen LogP contribution in [-0.4, -0.2) is 34.1 Å². The number of hydrogen-bond donors (Lipinski definition) is 2. The molecule has 2 fully saturated rings. The monoisotopic (exact) mass is 394 g/mol. The lowest BCUT2D eigenvalue weighted by molar-refractivity contribution is -0.116. The lowest BCUT2D eigenvalue weighted by Crippen LogP contribution is -2.40. The molecule has 2 bridgehead atoms. The van der Waals surface area contributed by atoms with Crippen molar-refractivity contribution >= 4 is 21.6 Å². The summed E-state index contributed by atoms with van der Waals surface area (Å²) in [4.78, 5) is 12.1. The van der Waals surface area contributed by atoms with Crippen molar-refractivity contribution in [2.75, 3.05) is 19.0 Å². The average molecular weight is 395 g/mol. The zero-order valence-electron chi connectivity index (χ0n) is 16.1. The second kappa shape index (κ2) is 8.71. The molecular weight excluding hydrogens is 364 g/mol. The summed E-state index contributed by atoms with van der Waals surface area (Å²) in [5.41, 5.74) is 0.595. The number of sulfonamides is 1. The van der Waals surface area contributed by atoms with Gasteiger partial charge in [-0.25, -0.2) is 13.1 Å². The maximum atomic E-state index is 12.7. The number of ether oxygens (including phenoxy) is 1. The van der Waals surface area contributed by atoms with Crippen LogP contribution in [0.4, 0.5) is 5.69 Å². The summed E-state index contributed by atoms with van der Waals surface area (Å²) in [6, 6.07) is 6.29. The lowest BCUT2D eigenvalue weighted by atomic mass is 9.84. The first-order valence-electron chi connectivity index (χ1n) is 9.80. The number of rotatable bonds is 9. The number of benzene rings is 1. The Hall–Kier alpha value is -1.44. The minimum absolute atomic E-state index is 0.0505. The van der Waals surface area contributed by atoms with Gasteiger partial charge in [0.15, 0.2) is 0 Å². The molecule has 1 amide bonds. The molecule has 0 radical (unpaired) electrons. The van der Waals surface area contributed by atoms with E-state index in [0.717, 1.165) is 12.3 Å². The summed E-state index contributed by atoms with van der Waals surface area (Å²) in [5, 5.41) is 2.77. The molecule has 0 spiro atoms. The summed E-state index contributed by atoms with van der Waals surface area (Å²) < 4.78 is 33.2. The van der Waals surface area contributed by atoms with Crippen LogP contribution in [0.3, 0.4) is 0 Å². The third-order valence-electron chi connectivity index (χ3n) is 5.98. The molecule has 7 heteroatoms. The Bertz CT molecular complexity index is 748. The minimum atomic E-state index is -3.56. The molecule has 2 aliphatic rings. The predicted molar refractivity (Wildman–Crippen MR) is 105 cm³/mol. The number of hydrogen-bond acceptors (Lipinski definition) is 4. The third kappa shape index (κ3) is 5.09. The summed E-state index contributed by atoms with van der Waals surface area (Å²) in [7, 11) is -1.96. The molecule has 2 N–H and O–H groups in total. The van der Waals surface area contributed by atoms with E-state index in [1.165, 1.54) is 19.3 Å². The van der Waals surface area contributed by atoms with Crippen molar-refractivity contribution in [2.45, 2.75) is 56.4 Å². The summed E-state index contributed by atoms with van der Waals surface area (Å²) in [6.07, 6.45) is 5.97. The zero-order chi connectivity index (χ0) is 19.4. The maximum Gasteiger partial charge on any atom is 0.240 e. The number of carbonyl (C=O) groups is 1. The standard InChI is InChI=1S/C20H30N2O4S/c1-14(19-13-15-5-6-16(19)12-15)22-27(24,25)18-9-7-17(8-10-18)21-20(23)4-3-11-26-2/h7-10,14-16,19,22H,3-6,11-13H2,1-2H3,(H,21,23)/t14-,15+,16+,19-/m1/s1. The number of nitrogens with one attached hydrogen (secondary N) is 2. The van der Waals surface area contributed by atoms with Crippen LogP contribution in [0, 0.1) is 17.8 Å². The van der Waals surface area contributed by atoms with Gasteiger partial charge in [0.1, 0.15) is 0 Å². The maximum absolute atomic E-state index is 12.7. The van der Waals surface area contributed by atoms with Crippen molar-refractivity contribution in [3.8, 4) is 0 Å². The van der Waals surface area contributed by atoms with Crippen LogP contribution in [0.15, 0.2) is 29.2 Å². The van der Waals surface area contributed by atoms with E-state index < -0.39 is 10.0 Å². The Morgan fingerprint density at radius 3 is 2.56 bits per heavy atom. The molecule has 1 aromatic carbocycles. The van der Waals surface area contributed by atoms with Gasteiger partial charge in [-0.1, -0.05) is 6.42 Å². The molecule has 4 atom stereocenters. The highest BCUT2D eigenvalue weighted by Crippen LogP contribution is 2.49. The summed E-state index contributed by atoms with van der Waals surface area (Å²) >= 11 is 0. The second-order valence-corrected chi connectivity index (χ2v) is 9.63. The van der Waals surface area contributed by atoms with Gasteiger partial charge < -0.3 is 10.1 Å². The van der Waals surface area contributed by atoms with E-state index in [2.05, 4.69) is 10.0 Å². The van der Waals surface area contributed by atoms with E-state index in [0.29, 0.717) is 37.0 Å². The van der Waals surface area contributed by atoms with Crippen LogP contribution in [0.5, 0.6) is 0 Å². The SMILES string of the molecule is COCCCC(=O)Nc1ccc(S(=O)(=O)N[C@H](C)[C@H]2C[C@H]3CC[C@H]2C3)cc1. The Morgan fingerprint density at radius 2 is 1.96 bits per heavy atom. The fourth-order valence-corrected chi connectivity index (χ4v) is 5.92. The molecule has 150 valence electrons. The van der Waals surface area contributed by atoms with Crippen LogP contribution in [-0.2, 0) is 19.6 Å². The Kier molecular flexibility index (Phi) is 6.55. The highest BCUT2D eigenvalue weighted by molar-refractivity contribution is 7.89. The van der Waals surface area contributed by atoms with Gasteiger partial charge in [-0.3, -0.25) is 4.79 Å². The molecule has 0 aliphatic heterocycles. The van der Waals surface area contributed by atoms with Gasteiger partial charge in [-0.05, 0) is 74.6 Å². The van der Waals surface area contributed by atoms with Gasteiger partial charge >= 0.3 is 0 Å². The van der Waals surface area contributed by atoms with Crippen LogP contribution < -0.4 is 10.0 Å². The van der Waals surface area contributed by atoms with Gasteiger partial charge in [0.05, 0.1) is 4.90 Å². The number of anilines is 1. The van der Waals surface area contributed by atoms with Crippen molar-refractivity contribution in [3.05, 3.63) is 24.3 Å². The van der Waals surface area contributed by atoms with Crippen LogP contribution in [0.2, 0.25) is 0 Å². The van der Waals surface area contributed by atoms with E-state index in [4.69, 9.17) is 4.74 Å². The van der Waals surface area contributed by atoms with E-state index in [9.17, 15) is 13.2 Å². The molecule has 27 heavy (non-hydrogen) atoms. The molecule has 0 aromatic heterocycles. The summed E-state index contributed by atoms with van der Waals surface area (Å²) in [5.74, 6) is 1.80. The van der Waals surface area contributed by atoms with E-state index in [1.807, 2.05) is 6.92 Å². The zero-order valence-corrected chi connectivity index (χ0v) is 16.9. The normalized spacial score (nSPS) is 25.5. The average Bonchev–Trinajstić information content (AvgIpc) is 3.25. The molecule has 6 nitrogen and oxygen atoms in total. The van der Waals surface area contributed by atoms with E-state index >= 15 is 0 Å². The fourth-order valence-electron chi connectivity index (χ4n) is 4.62. The quantitative estimate of drug-likeness (QED) is 0.630. The van der Waals surface area contributed by atoms with Crippen molar-refractivity contribution in [3.63, 3.8) is 0 Å². The van der Waals surface area contributed by atoms with Crippen LogP contribution in [0.1, 0.15) is 45.4 Å². The van der Waals surface area contributed by atoms with Gasteiger partial charge in [-0.2, -0.15) is 0 Å². The van der Waals surface area contributed by atoms with Gasteiger partial charge in [-0.15, -0.1) is 0 Å². The predicted octanol–water partition coefficient (Wildman–Crippen LogP) is 3.15. The largest absolute Gasteiger partial charge is 0.385 e. The second-order valence-electron chi connectivity index (χ2n) is 7.92.